The van der Waals surface area contributed by atoms with E-state index < -0.39 is 35.9 Å². The predicted molar refractivity (Wildman–Crippen MR) is 52.4 cm³/mol. The van der Waals surface area contributed by atoms with Gasteiger partial charge in [-0.05, 0) is 13.3 Å². The zero-order valence-electron chi connectivity index (χ0n) is 9.32. The summed E-state index contributed by atoms with van der Waals surface area (Å²) < 4.78 is 18.7. The van der Waals surface area contributed by atoms with Crippen LogP contribution in [0.1, 0.15) is 20.3 Å². The molecule has 96 valence electrons. The molecule has 1 fully saturated rings. The van der Waals surface area contributed by atoms with E-state index in [4.69, 9.17) is 0 Å². The average Bonchev–Trinajstić information content (AvgIpc) is 2.25. The van der Waals surface area contributed by atoms with Gasteiger partial charge in [-0.15, -0.1) is 0 Å². The Morgan fingerprint density at radius 2 is 2.24 bits per heavy atom. The maximum Gasteiger partial charge on any atom is 0.359 e. The van der Waals surface area contributed by atoms with Gasteiger partial charge in [0.2, 0.25) is 0 Å². The molecule has 0 aliphatic carbocycles. The van der Waals surface area contributed by atoms with E-state index in [0.717, 1.165) is 0 Å². The van der Waals surface area contributed by atoms with Gasteiger partial charge in [0.25, 0.3) is 5.91 Å². The summed E-state index contributed by atoms with van der Waals surface area (Å²) in [6, 6.07) is -1.08. The minimum Gasteiger partial charge on any atom is -0.460 e. The van der Waals surface area contributed by atoms with Crippen LogP contribution in [0.15, 0.2) is 0 Å². The van der Waals surface area contributed by atoms with Crippen LogP contribution in [0.2, 0.25) is 0 Å². The molecule has 1 heterocycles. The van der Waals surface area contributed by atoms with Crippen molar-refractivity contribution >= 4 is 17.9 Å². The first-order chi connectivity index (χ1) is 7.82. The maximum absolute atomic E-state index is 14.1. The van der Waals surface area contributed by atoms with Crippen LogP contribution in [0, 0.1) is 0 Å². The van der Waals surface area contributed by atoms with Gasteiger partial charge in [-0.2, -0.15) is 0 Å². The van der Waals surface area contributed by atoms with Crippen LogP contribution in [-0.4, -0.2) is 41.0 Å². The summed E-state index contributed by atoms with van der Waals surface area (Å²) in [4.78, 5) is 33.4. The Morgan fingerprint density at radius 3 is 2.71 bits per heavy atom. The molecule has 0 saturated carbocycles. The second-order valence-electron chi connectivity index (χ2n) is 3.67. The molecule has 3 atom stereocenters. The molecular weight excluding hydrogens is 235 g/mol. The van der Waals surface area contributed by atoms with Gasteiger partial charge in [0.05, 0.1) is 6.10 Å². The van der Waals surface area contributed by atoms with Crippen molar-refractivity contribution in [1.82, 2.24) is 10.6 Å². The van der Waals surface area contributed by atoms with Gasteiger partial charge >= 0.3 is 17.7 Å². The number of alkyl halides is 1. The van der Waals surface area contributed by atoms with Gasteiger partial charge in [-0.25, -0.2) is 14.0 Å². The Bertz CT molecular complexity index is 361. The third-order valence-electron chi connectivity index (χ3n) is 2.38. The first-order valence-electron chi connectivity index (χ1n) is 5.02. The molecule has 3 amide bonds. The van der Waals surface area contributed by atoms with E-state index in [1.807, 2.05) is 0 Å². The van der Waals surface area contributed by atoms with Crippen LogP contribution < -0.4 is 10.6 Å². The lowest BCUT2D eigenvalue weighted by molar-refractivity contribution is -0.178. The largest absolute Gasteiger partial charge is 0.460 e. The Labute approximate surface area is 96.3 Å². The molecule has 0 aromatic carbocycles. The van der Waals surface area contributed by atoms with Crippen LogP contribution in [-0.2, 0) is 14.3 Å². The Balaban J connectivity index is 2.88. The van der Waals surface area contributed by atoms with Gasteiger partial charge in [-0.1, -0.05) is 6.92 Å². The van der Waals surface area contributed by atoms with Crippen LogP contribution in [0.5, 0.6) is 0 Å². The molecule has 8 heteroatoms. The Hall–Kier alpha value is -1.70. The van der Waals surface area contributed by atoms with Crippen LogP contribution in [0.4, 0.5) is 9.18 Å². The summed E-state index contributed by atoms with van der Waals surface area (Å²) >= 11 is 0. The number of ether oxygens (including phenoxy) is 1. The molecule has 0 spiro atoms. The van der Waals surface area contributed by atoms with Crippen molar-refractivity contribution in [1.29, 1.82) is 0 Å². The molecule has 1 saturated heterocycles. The zero-order valence-corrected chi connectivity index (χ0v) is 9.32. The number of nitrogens with one attached hydrogen (secondary N) is 2. The monoisotopic (exact) mass is 248 g/mol. The Kier molecular flexibility index (Phi) is 3.66. The first-order valence-corrected chi connectivity index (χ1v) is 5.02. The fourth-order valence-electron chi connectivity index (χ4n) is 1.13. The molecule has 1 rings (SSSR count). The molecule has 0 radical (unpaired) electrons. The van der Waals surface area contributed by atoms with Crippen molar-refractivity contribution < 1.29 is 28.6 Å². The van der Waals surface area contributed by atoms with E-state index in [0.29, 0.717) is 6.42 Å². The third-order valence-corrected chi connectivity index (χ3v) is 2.38. The summed E-state index contributed by atoms with van der Waals surface area (Å²) in [5.41, 5.74) is -3.32. The number of rotatable bonds is 3. The topological polar surface area (TPSA) is 105 Å². The Morgan fingerprint density at radius 1 is 1.65 bits per heavy atom. The second-order valence-corrected chi connectivity index (χ2v) is 3.67. The fraction of sp³-hybridized carbons (Fsp3) is 0.667. The highest BCUT2D eigenvalue weighted by atomic mass is 19.1. The number of imide groups is 1. The number of aliphatic hydroxyl groups is 1. The fourth-order valence-corrected chi connectivity index (χ4v) is 1.13. The number of amides is 3. The molecule has 0 aromatic rings. The van der Waals surface area contributed by atoms with Gasteiger partial charge in [0, 0.05) is 0 Å². The molecule has 7 nitrogen and oxygen atoms in total. The van der Waals surface area contributed by atoms with Crippen molar-refractivity contribution in [3.05, 3.63) is 0 Å². The molecule has 17 heavy (non-hydrogen) atoms. The lowest BCUT2D eigenvalue weighted by atomic mass is 10.0. The summed E-state index contributed by atoms with van der Waals surface area (Å²) in [5.74, 6) is -3.07. The quantitative estimate of drug-likeness (QED) is 0.447. The maximum atomic E-state index is 14.1. The number of aliphatic hydroxyl groups excluding tert-OH is 1. The molecule has 3 N–H and O–H groups in total. The summed E-state index contributed by atoms with van der Waals surface area (Å²) in [6.07, 6.45) is -2.45. The second kappa shape index (κ2) is 4.66. The third kappa shape index (κ3) is 2.36. The number of halogens is 1. The number of esters is 1. The van der Waals surface area contributed by atoms with E-state index in [2.05, 4.69) is 4.74 Å². The van der Waals surface area contributed by atoms with E-state index >= 15 is 0 Å². The highest BCUT2D eigenvalue weighted by Gasteiger charge is 2.58. The van der Waals surface area contributed by atoms with Crippen molar-refractivity contribution in [2.75, 3.05) is 0 Å². The average molecular weight is 248 g/mol. The minimum atomic E-state index is -3.32. The molecular formula is C9H13FN2O5. The SMILES string of the molecule is CCC(C)OC(=O)C1(F)C(=O)NC(=O)NC1O. The van der Waals surface area contributed by atoms with Gasteiger partial charge in [0.1, 0.15) is 0 Å². The number of carbonyl (C=O) groups is 3. The predicted octanol–water partition coefficient (Wildman–Crippen LogP) is -0.806. The number of hydrogen-bond acceptors (Lipinski definition) is 5. The lowest BCUT2D eigenvalue weighted by Crippen LogP contribution is -2.70. The van der Waals surface area contributed by atoms with Crippen LogP contribution >= 0.6 is 0 Å². The minimum absolute atomic E-state index is 0.423. The van der Waals surface area contributed by atoms with Gasteiger partial charge in [0.15, 0.2) is 6.23 Å². The summed E-state index contributed by atoms with van der Waals surface area (Å²) in [5, 5.41) is 12.5. The van der Waals surface area contributed by atoms with E-state index in [1.54, 1.807) is 17.6 Å². The molecule has 0 bridgehead atoms. The lowest BCUT2D eigenvalue weighted by Gasteiger charge is -2.31. The molecule has 1 aliphatic heterocycles. The normalized spacial score (nSPS) is 30.2. The molecule has 1 aliphatic rings. The van der Waals surface area contributed by atoms with Crippen molar-refractivity contribution in [3.8, 4) is 0 Å². The molecule has 0 aromatic heterocycles. The highest BCUT2D eigenvalue weighted by molar-refractivity contribution is 6.13. The van der Waals surface area contributed by atoms with E-state index in [1.165, 1.54) is 6.92 Å². The summed E-state index contributed by atoms with van der Waals surface area (Å²) in [6.45, 7) is 3.20. The van der Waals surface area contributed by atoms with Crippen LogP contribution in [0.25, 0.3) is 0 Å². The van der Waals surface area contributed by atoms with Gasteiger partial charge < -0.3 is 15.2 Å². The van der Waals surface area contributed by atoms with Crippen molar-refractivity contribution in [2.45, 2.75) is 38.3 Å². The zero-order chi connectivity index (χ0) is 13.2. The van der Waals surface area contributed by atoms with Crippen molar-refractivity contribution in [3.63, 3.8) is 0 Å². The van der Waals surface area contributed by atoms with E-state index in [-0.39, 0.29) is 0 Å². The smallest absolute Gasteiger partial charge is 0.359 e. The number of carbonyl (C=O) groups excluding carboxylic acids is 3. The van der Waals surface area contributed by atoms with Crippen molar-refractivity contribution in [2.24, 2.45) is 0 Å². The number of urea groups is 1. The van der Waals surface area contributed by atoms with E-state index in [9.17, 15) is 23.9 Å². The highest BCUT2D eigenvalue weighted by Crippen LogP contribution is 2.21. The first kappa shape index (κ1) is 13.4. The van der Waals surface area contributed by atoms with Crippen LogP contribution in [0.3, 0.4) is 0 Å². The number of hydrogen-bond donors (Lipinski definition) is 3. The standard InChI is InChI=1S/C9H13FN2O5/c1-3-4(2)17-7(15)9(10)5(13)11-8(16)12-6(9)14/h4-5,13H,3H2,1-2H3,(H2,11,12,14,16). The van der Waals surface area contributed by atoms with Gasteiger partial charge in [-0.3, -0.25) is 10.1 Å². The molecule has 3 unspecified atom stereocenters. The summed E-state index contributed by atoms with van der Waals surface area (Å²) in [7, 11) is 0.